The lowest BCUT2D eigenvalue weighted by atomic mass is 9.79. The summed E-state index contributed by atoms with van der Waals surface area (Å²) in [7, 11) is 0. The molecule has 0 bridgehead atoms. The van der Waals surface area contributed by atoms with Crippen molar-refractivity contribution >= 4 is 11.8 Å². The second-order valence-corrected chi connectivity index (χ2v) is 6.14. The monoisotopic (exact) mass is 245 g/mol. The van der Waals surface area contributed by atoms with E-state index in [9.17, 15) is 0 Å². The second kappa shape index (κ2) is 7.57. The Morgan fingerprint density at radius 1 is 1.44 bits per heavy atom. The fourth-order valence-electron chi connectivity index (χ4n) is 2.40. The van der Waals surface area contributed by atoms with Crippen LogP contribution in [0, 0.1) is 5.41 Å². The Hall–Kier alpha value is 0.270. The minimum atomic E-state index is 0.400. The molecule has 1 N–H and O–H groups in total. The molecule has 3 heteroatoms. The van der Waals surface area contributed by atoms with Gasteiger partial charge >= 0.3 is 0 Å². The van der Waals surface area contributed by atoms with Crippen LogP contribution in [-0.2, 0) is 4.74 Å². The Morgan fingerprint density at radius 3 is 2.81 bits per heavy atom. The van der Waals surface area contributed by atoms with Gasteiger partial charge in [0.2, 0.25) is 0 Å². The third-order valence-electron chi connectivity index (χ3n) is 3.68. The van der Waals surface area contributed by atoms with Crippen LogP contribution in [-0.4, -0.2) is 37.3 Å². The number of hydrogen-bond donors (Lipinski definition) is 1. The molecule has 16 heavy (non-hydrogen) atoms. The van der Waals surface area contributed by atoms with E-state index < -0.39 is 0 Å². The van der Waals surface area contributed by atoms with Gasteiger partial charge in [-0.15, -0.1) is 0 Å². The molecule has 1 saturated heterocycles. The summed E-state index contributed by atoms with van der Waals surface area (Å²) < 4.78 is 5.78. The third-order valence-corrected chi connectivity index (χ3v) is 4.58. The zero-order valence-corrected chi connectivity index (χ0v) is 11.9. The van der Waals surface area contributed by atoms with Crippen molar-refractivity contribution in [1.82, 2.24) is 5.32 Å². The Morgan fingerprint density at radius 2 is 2.25 bits per heavy atom. The lowest BCUT2D eigenvalue weighted by molar-refractivity contribution is 0.0617. The fourth-order valence-corrected chi connectivity index (χ4v) is 3.24. The Labute approximate surface area is 105 Å². The molecule has 1 aliphatic heterocycles. The third kappa shape index (κ3) is 3.94. The van der Waals surface area contributed by atoms with E-state index in [2.05, 4.69) is 37.8 Å². The lowest BCUT2D eigenvalue weighted by Gasteiger charge is -2.32. The van der Waals surface area contributed by atoms with Crippen molar-refractivity contribution in [1.29, 1.82) is 0 Å². The molecule has 0 aromatic rings. The van der Waals surface area contributed by atoms with Gasteiger partial charge < -0.3 is 10.1 Å². The van der Waals surface area contributed by atoms with Crippen molar-refractivity contribution in [2.45, 2.75) is 46.1 Å². The summed E-state index contributed by atoms with van der Waals surface area (Å²) in [5, 5.41) is 3.59. The molecular formula is C13H27NOS. The van der Waals surface area contributed by atoms with Crippen LogP contribution in [0.3, 0.4) is 0 Å². The summed E-state index contributed by atoms with van der Waals surface area (Å²) in [6.45, 7) is 9.92. The molecule has 0 spiro atoms. The molecule has 1 rings (SSSR count). The van der Waals surface area contributed by atoms with E-state index in [1.807, 2.05) is 0 Å². The van der Waals surface area contributed by atoms with Crippen LogP contribution in [0.2, 0.25) is 0 Å². The van der Waals surface area contributed by atoms with Gasteiger partial charge in [-0.3, -0.25) is 0 Å². The van der Waals surface area contributed by atoms with E-state index in [4.69, 9.17) is 4.74 Å². The van der Waals surface area contributed by atoms with Gasteiger partial charge in [0.05, 0.1) is 6.10 Å². The molecule has 1 heterocycles. The first-order valence-corrected chi connectivity index (χ1v) is 7.80. The van der Waals surface area contributed by atoms with Crippen LogP contribution in [0.5, 0.6) is 0 Å². The van der Waals surface area contributed by atoms with E-state index in [1.165, 1.54) is 30.8 Å². The lowest BCUT2D eigenvalue weighted by Crippen LogP contribution is -2.40. The zero-order valence-electron chi connectivity index (χ0n) is 11.1. The molecule has 96 valence electrons. The first-order chi connectivity index (χ1) is 7.75. The molecule has 2 atom stereocenters. The van der Waals surface area contributed by atoms with Gasteiger partial charge in [-0.1, -0.05) is 13.8 Å². The molecule has 0 aliphatic carbocycles. The van der Waals surface area contributed by atoms with Gasteiger partial charge in [0.1, 0.15) is 0 Å². The van der Waals surface area contributed by atoms with Gasteiger partial charge in [0.25, 0.3) is 0 Å². The quantitative estimate of drug-likeness (QED) is 0.664. The minimum absolute atomic E-state index is 0.400. The number of nitrogens with one attached hydrogen (secondary N) is 1. The molecule has 2 unspecified atom stereocenters. The van der Waals surface area contributed by atoms with Crippen LogP contribution < -0.4 is 5.32 Å². The van der Waals surface area contributed by atoms with Crippen molar-refractivity contribution < 1.29 is 4.74 Å². The highest BCUT2D eigenvalue weighted by molar-refractivity contribution is 7.99. The number of ether oxygens (including phenoxy) is 1. The summed E-state index contributed by atoms with van der Waals surface area (Å²) >= 11 is 2.05. The molecule has 0 radical (unpaired) electrons. The molecule has 1 aliphatic rings. The van der Waals surface area contributed by atoms with Gasteiger partial charge in [-0.05, 0) is 44.2 Å². The molecule has 1 fully saturated rings. The van der Waals surface area contributed by atoms with Crippen LogP contribution >= 0.6 is 11.8 Å². The smallest absolute Gasteiger partial charge is 0.0616 e. The van der Waals surface area contributed by atoms with Crippen molar-refractivity contribution in [3.05, 3.63) is 0 Å². The van der Waals surface area contributed by atoms with Crippen molar-refractivity contribution in [3.8, 4) is 0 Å². The standard InChI is InChI=1S/C13H27NOS/c1-4-8-14-11-13(7-10-16-5-2)6-9-15-12(13)3/h12,14H,4-11H2,1-3H3. The van der Waals surface area contributed by atoms with E-state index in [0.717, 1.165) is 19.7 Å². The van der Waals surface area contributed by atoms with Crippen LogP contribution in [0.1, 0.15) is 40.0 Å². The molecular weight excluding hydrogens is 218 g/mol. The Kier molecular flexibility index (Phi) is 6.78. The van der Waals surface area contributed by atoms with Crippen molar-refractivity contribution in [2.24, 2.45) is 5.41 Å². The van der Waals surface area contributed by atoms with Crippen molar-refractivity contribution in [3.63, 3.8) is 0 Å². The topological polar surface area (TPSA) is 21.3 Å². The van der Waals surface area contributed by atoms with E-state index >= 15 is 0 Å². The summed E-state index contributed by atoms with van der Waals surface area (Å²) in [4.78, 5) is 0. The fraction of sp³-hybridized carbons (Fsp3) is 1.00. The second-order valence-electron chi connectivity index (χ2n) is 4.75. The maximum absolute atomic E-state index is 5.78. The van der Waals surface area contributed by atoms with Crippen molar-refractivity contribution in [2.75, 3.05) is 31.2 Å². The predicted molar refractivity (Wildman–Crippen MR) is 73.2 cm³/mol. The molecule has 2 nitrogen and oxygen atoms in total. The number of hydrogen-bond acceptors (Lipinski definition) is 3. The summed E-state index contributed by atoms with van der Waals surface area (Å²) in [5.41, 5.74) is 0.400. The summed E-state index contributed by atoms with van der Waals surface area (Å²) in [6.07, 6.45) is 4.17. The summed E-state index contributed by atoms with van der Waals surface area (Å²) in [6, 6.07) is 0. The first kappa shape index (κ1) is 14.3. The average Bonchev–Trinajstić information content (AvgIpc) is 2.62. The zero-order chi connectivity index (χ0) is 11.9. The van der Waals surface area contributed by atoms with E-state index in [-0.39, 0.29) is 0 Å². The average molecular weight is 245 g/mol. The molecule has 0 aromatic carbocycles. The largest absolute Gasteiger partial charge is 0.378 e. The Balaban J connectivity index is 2.40. The van der Waals surface area contributed by atoms with Crippen LogP contribution in [0.25, 0.3) is 0 Å². The van der Waals surface area contributed by atoms with Gasteiger partial charge in [0.15, 0.2) is 0 Å². The van der Waals surface area contributed by atoms with E-state index in [0.29, 0.717) is 11.5 Å². The van der Waals surface area contributed by atoms with Crippen LogP contribution in [0.4, 0.5) is 0 Å². The van der Waals surface area contributed by atoms with Gasteiger partial charge in [-0.25, -0.2) is 0 Å². The first-order valence-electron chi connectivity index (χ1n) is 6.65. The Bertz CT molecular complexity index is 177. The molecule has 0 amide bonds. The van der Waals surface area contributed by atoms with Gasteiger partial charge in [0, 0.05) is 18.6 Å². The SMILES string of the molecule is CCCNCC1(CCSCC)CCOC1C. The highest BCUT2D eigenvalue weighted by Gasteiger charge is 2.40. The van der Waals surface area contributed by atoms with E-state index in [1.54, 1.807) is 0 Å². The highest BCUT2D eigenvalue weighted by atomic mass is 32.2. The van der Waals surface area contributed by atoms with Gasteiger partial charge in [-0.2, -0.15) is 11.8 Å². The maximum atomic E-state index is 5.78. The normalized spacial score (nSPS) is 29.8. The maximum Gasteiger partial charge on any atom is 0.0616 e. The molecule has 0 saturated carbocycles. The highest BCUT2D eigenvalue weighted by Crippen LogP contribution is 2.38. The minimum Gasteiger partial charge on any atom is -0.378 e. The van der Waals surface area contributed by atoms with Crippen LogP contribution in [0.15, 0.2) is 0 Å². The predicted octanol–water partition coefficient (Wildman–Crippen LogP) is 2.92. The number of thioether (sulfide) groups is 1. The molecule has 0 aromatic heterocycles. The summed E-state index contributed by atoms with van der Waals surface area (Å²) in [5.74, 6) is 2.51. The number of rotatable bonds is 8.